The minimum Gasteiger partial charge on any atom is -0.467 e. The molecule has 0 spiro atoms. The average molecular weight is 303 g/mol. The standard InChI is InChI=1S/C16H18FN3O2/c1-11-6-7-20(13(9-11)14-3-2-8-22-14)16(21)19-15-5-4-12(17)10-18-15/h2-5,8,10-11,13H,6-7,9H2,1H3,(H,18,19,21)/t11-,13+/m0/s1. The van der Waals surface area contributed by atoms with Crippen LogP contribution in [0.15, 0.2) is 41.1 Å². The van der Waals surface area contributed by atoms with Gasteiger partial charge in [0, 0.05) is 6.54 Å². The number of piperidine rings is 1. The number of likely N-dealkylation sites (tertiary alicyclic amines) is 1. The third-order valence-corrected chi connectivity index (χ3v) is 3.96. The van der Waals surface area contributed by atoms with Gasteiger partial charge in [0.15, 0.2) is 0 Å². The summed E-state index contributed by atoms with van der Waals surface area (Å²) in [5.74, 6) is 1.22. The number of pyridine rings is 1. The van der Waals surface area contributed by atoms with E-state index >= 15 is 0 Å². The number of nitrogens with one attached hydrogen (secondary N) is 1. The first kappa shape index (κ1) is 14.6. The molecule has 0 aliphatic carbocycles. The zero-order valence-corrected chi connectivity index (χ0v) is 12.3. The Hall–Kier alpha value is -2.37. The van der Waals surface area contributed by atoms with Gasteiger partial charge in [-0.3, -0.25) is 5.32 Å². The number of carbonyl (C=O) groups is 1. The van der Waals surface area contributed by atoms with E-state index in [0.717, 1.165) is 24.8 Å². The Morgan fingerprint density at radius 2 is 2.32 bits per heavy atom. The van der Waals surface area contributed by atoms with E-state index in [2.05, 4.69) is 17.2 Å². The molecular formula is C16H18FN3O2. The van der Waals surface area contributed by atoms with Crippen molar-refractivity contribution in [3.63, 3.8) is 0 Å². The summed E-state index contributed by atoms with van der Waals surface area (Å²) in [5, 5.41) is 2.71. The molecule has 2 aromatic rings. The lowest BCUT2D eigenvalue weighted by molar-refractivity contribution is 0.129. The Morgan fingerprint density at radius 3 is 3.00 bits per heavy atom. The monoisotopic (exact) mass is 303 g/mol. The van der Waals surface area contributed by atoms with Crippen LogP contribution in [0.25, 0.3) is 0 Å². The molecule has 6 heteroatoms. The van der Waals surface area contributed by atoms with E-state index in [1.54, 1.807) is 11.2 Å². The second-order valence-corrected chi connectivity index (χ2v) is 5.65. The van der Waals surface area contributed by atoms with Crippen LogP contribution in [0.5, 0.6) is 0 Å². The number of hydrogen-bond acceptors (Lipinski definition) is 3. The molecule has 0 unspecified atom stereocenters. The van der Waals surface area contributed by atoms with Gasteiger partial charge in [-0.15, -0.1) is 0 Å². The van der Waals surface area contributed by atoms with Crippen LogP contribution in [0.2, 0.25) is 0 Å². The number of anilines is 1. The molecule has 2 atom stereocenters. The maximum absolute atomic E-state index is 12.9. The van der Waals surface area contributed by atoms with Crippen LogP contribution in [0, 0.1) is 11.7 Å². The number of halogens is 1. The van der Waals surface area contributed by atoms with Crippen molar-refractivity contribution in [1.82, 2.24) is 9.88 Å². The SMILES string of the molecule is C[C@H]1CCN(C(=O)Nc2ccc(F)cn2)[C@@H](c2ccco2)C1. The van der Waals surface area contributed by atoms with Crippen molar-refractivity contribution in [3.05, 3.63) is 48.3 Å². The van der Waals surface area contributed by atoms with Crippen LogP contribution in [0.1, 0.15) is 31.6 Å². The minimum absolute atomic E-state index is 0.0841. The first-order chi connectivity index (χ1) is 10.6. The fourth-order valence-corrected chi connectivity index (χ4v) is 2.77. The van der Waals surface area contributed by atoms with E-state index in [-0.39, 0.29) is 12.1 Å². The average Bonchev–Trinajstić information content (AvgIpc) is 3.03. The number of furan rings is 1. The van der Waals surface area contributed by atoms with Crippen molar-refractivity contribution < 1.29 is 13.6 Å². The van der Waals surface area contributed by atoms with Gasteiger partial charge in [-0.05, 0) is 43.0 Å². The van der Waals surface area contributed by atoms with Gasteiger partial charge >= 0.3 is 6.03 Å². The number of carbonyl (C=O) groups excluding carboxylic acids is 1. The summed E-state index contributed by atoms with van der Waals surface area (Å²) in [6.45, 7) is 2.83. The van der Waals surface area contributed by atoms with E-state index in [0.29, 0.717) is 18.3 Å². The van der Waals surface area contributed by atoms with Crippen LogP contribution >= 0.6 is 0 Å². The van der Waals surface area contributed by atoms with Crippen molar-refractivity contribution in [3.8, 4) is 0 Å². The second-order valence-electron chi connectivity index (χ2n) is 5.65. The zero-order valence-electron chi connectivity index (χ0n) is 12.3. The van der Waals surface area contributed by atoms with Crippen LogP contribution in [0.4, 0.5) is 15.0 Å². The summed E-state index contributed by atoms with van der Waals surface area (Å²) in [4.78, 5) is 18.1. The second kappa shape index (κ2) is 6.17. The number of aromatic nitrogens is 1. The van der Waals surface area contributed by atoms with Crippen molar-refractivity contribution in [2.45, 2.75) is 25.8 Å². The van der Waals surface area contributed by atoms with Gasteiger partial charge in [-0.25, -0.2) is 14.2 Å². The molecule has 2 amide bonds. The van der Waals surface area contributed by atoms with Gasteiger partial charge < -0.3 is 9.32 Å². The number of amides is 2. The van der Waals surface area contributed by atoms with Gasteiger partial charge in [-0.2, -0.15) is 0 Å². The largest absolute Gasteiger partial charge is 0.467 e. The molecule has 1 saturated heterocycles. The Bertz CT molecular complexity index is 627. The number of rotatable bonds is 2. The number of nitrogens with zero attached hydrogens (tertiary/aromatic N) is 2. The molecule has 3 heterocycles. The van der Waals surface area contributed by atoms with E-state index in [1.165, 1.54) is 12.1 Å². The smallest absolute Gasteiger partial charge is 0.323 e. The quantitative estimate of drug-likeness (QED) is 0.917. The summed E-state index contributed by atoms with van der Waals surface area (Å²) < 4.78 is 18.4. The molecule has 1 aliphatic rings. The minimum atomic E-state index is -0.432. The van der Waals surface area contributed by atoms with Crippen molar-refractivity contribution in [1.29, 1.82) is 0 Å². The topological polar surface area (TPSA) is 58.4 Å². The third-order valence-electron chi connectivity index (χ3n) is 3.96. The predicted molar refractivity (Wildman–Crippen MR) is 79.8 cm³/mol. The Balaban J connectivity index is 1.75. The molecule has 0 radical (unpaired) electrons. The molecule has 0 saturated carbocycles. The molecule has 5 nitrogen and oxygen atoms in total. The first-order valence-electron chi connectivity index (χ1n) is 7.36. The highest BCUT2D eigenvalue weighted by atomic mass is 19.1. The summed E-state index contributed by atoms with van der Waals surface area (Å²) in [5.41, 5.74) is 0. The highest BCUT2D eigenvalue weighted by Crippen LogP contribution is 2.34. The van der Waals surface area contributed by atoms with Crippen molar-refractivity contribution >= 4 is 11.8 Å². The Labute approximate surface area is 128 Å². The molecule has 1 fully saturated rings. The molecule has 1 N–H and O–H groups in total. The van der Waals surface area contributed by atoms with Gasteiger partial charge in [0.25, 0.3) is 0 Å². The molecule has 0 aromatic carbocycles. The van der Waals surface area contributed by atoms with E-state index < -0.39 is 5.82 Å². The highest BCUT2D eigenvalue weighted by molar-refractivity contribution is 5.88. The number of hydrogen-bond donors (Lipinski definition) is 1. The van der Waals surface area contributed by atoms with E-state index in [1.807, 2.05) is 12.1 Å². The van der Waals surface area contributed by atoms with Gasteiger partial charge in [0.05, 0.1) is 18.5 Å². The summed E-state index contributed by atoms with van der Waals surface area (Å²) in [6, 6.07) is 6.10. The highest BCUT2D eigenvalue weighted by Gasteiger charge is 2.32. The van der Waals surface area contributed by atoms with Crippen LogP contribution in [0.3, 0.4) is 0 Å². The first-order valence-corrected chi connectivity index (χ1v) is 7.36. The normalized spacial score (nSPS) is 21.6. The van der Waals surface area contributed by atoms with Crippen molar-refractivity contribution in [2.24, 2.45) is 5.92 Å². The summed E-state index contributed by atoms with van der Waals surface area (Å²) in [6.07, 6.45) is 4.50. The molecule has 1 aliphatic heterocycles. The molecule has 0 bridgehead atoms. The summed E-state index contributed by atoms with van der Waals surface area (Å²) >= 11 is 0. The molecule has 22 heavy (non-hydrogen) atoms. The lowest BCUT2D eigenvalue weighted by Crippen LogP contribution is -2.43. The molecular weight excluding hydrogens is 285 g/mol. The third kappa shape index (κ3) is 3.10. The van der Waals surface area contributed by atoms with Gasteiger partial charge in [0.1, 0.15) is 17.4 Å². The maximum atomic E-state index is 12.9. The van der Waals surface area contributed by atoms with E-state index in [9.17, 15) is 9.18 Å². The van der Waals surface area contributed by atoms with E-state index in [4.69, 9.17) is 4.42 Å². The lowest BCUT2D eigenvalue weighted by Gasteiger charge is -2.37. The molecule has 2 aromatic heterocycles. The molecule has 116 valence electrons. The zero-order chi connectivity index (χ0) is 15.5. The molecule has 3 rings (SSSR count). The van der Waals surface area contributed by atoms with Gasteiger partial charge in [-0.1, -0.05) is 6.92 Å². The Morgan fingerprint density at radius 1 is 1.45 bits per heavy atom. The van der Waals surface area contributed by atoms with Gasteiger partial charge in [0.2, 0.25) is 0 Å². The predicted octanol–water partition coefficient (Wildman–Crippen LogP) is 3.82. The Kier molecular flexibility index (Phi) is 4.09. The van der Waals surface area contributed by atoms with Crippen LogP contribution in [-0.4, -0.2) is 22.5 Å². The maximum Gasteiger partial charge on any atom is 0.323 e. The summed E-state index contributed by atoms with van der Waals surface area (Å²) in [7, 11) is 0. The fraction of sp³-hybridized carbons (Fsp3) is 0.375. The van der Waals surface area contributed by atoms with Crippen molar-refractivity contribution in [2.75, 3.05) is 11.9 Å². The van der Waals surface area contributed by atoms with Crippen LogP contribution < -0.4 is 5.32 Å². The number of urea groups is 1. The van der Waals surface area contributed by atoms with Crippen LogP contribution in [-0.2, 0) is 0 Å². The lowest BCUT2D eigenvalue weighted by atomic mass is 9.91. The fourth-order valence-electron chi connectivity index (χ4n) is 2.77.